The van der Waals surface area contributed by atoms with E-state index in [0.717, 1.165) is 24.2 Å². The topological polar surface area (TPSA) is 64.3 Å². The number of ether oxygens (including phenoxy) is 1. The van der Waals surface area contributed by atoms with E-state index in [4.69, 9.17) is 10.5 Å². The number of amides is 1. The van der Waals surface area contributed by atoms with Crippen molar-refractivity contribution < 1.29 is 9.53 Å². The SMILES string of the molecule is CCC(Oc1cccc(C)c1)C(=O)NC(CN)C1CC1.Cl. The average Bonchev–Trinajstić information content (AvgIpc) is 3.26. The summed E-state index contributed by atoms with van der Waals surface area (Å²) in [5.74, 6) is 1.24. The van der Waals surface area contributed by atoms with Gasteiger partial charge in [-0.1, -0.05) is 19.1 Å². The number of hydrogen-bond acceptors (Lipinski definition) is 3. The summed E-state index contributed by atoms with van der Waals surface area (Å²) in [5, 5.41) is 3.03. The van der Waals surface area contributed by atoms with Crippen LogP contribution in [-0.2, 0) is 4.79 Å². The van der Waals surface area contributed by atoms with Crippen LogP contribution in [0.4, 0.5) is 0 Å². The second-order valence-electron chi connectivity index (χ2n) is 5.52. The van der Waals surface area contributed by atoms with Gasteiger partial charge in [-0.15, -0.1) is 12.4 Å². The zero-order chi connectivity index (χ0) is 14.5. The van der Waals surface area contributed by atoms with E-state index in [2.05, 4.69) is 5.32 Å². The molecule has 3 N–H and O–H groups in total. The van der Waals surface area contributed by atoms with E-state index in [1.807, 2.05) is 38.1 Å². The summed E-state index contributed by atoms with van der Waals surface area (Å²) in [4.78, 5) is 12.3. The van der Waals surface area contributed by atoms with Gasteiger partial charge in [0.25, 0.3) is 5.91 Å². The number of halogens is 1. The number of benzene rings is 1. The van der Waals surface area contributed by atoms with Gasteiger partial charge < -0.3 is 15.8 Å². The Morgan fingerprint density at radius 3 is 2.71 bits per heavy atom. The first-order chi connectivity index (χ1) is 9.63. The minimum atomic E-state index is -0.454. The van der Waals surface area contributed by atoms with Gasteiger partial charge in [-0.05, 0) is 49.8 Å². The van der Waals surface area contributed by atoms with E-state index in [9.17, 15) is 4.79 Å². The number of nitrogens with two attached hydrogens (primary N) is 1. The maximum absolute atomic E-state index is 12.3. The van der Waals surface area contributed by atoms with Crippen LogP contribution in [0.2, 0.25) is 0 Å². The Labute approximate surface area is 132 Å². The molecule has 4 nitrogen and oxygen atoms in total. The molecular weight excluding hydrogens is 288 g/mol. The molecule has 118 valence electrons. The van der Waals surface area contributed by atoms with Crippen LogP contribution in [-0.4, -0.2) is 24.6 Å². The van der Waals surface area contributed by atoms with Crippen molar-refractivity contribution in [3.63, 3.8) is 0 Å². The molecule has 0 heterocycles. The highest BCUT2D eigenvalue weighted by Gasteiger charge is 2.32. The van der Waals surface area contributed by atoms with Crippen LogP contribution in [0.3, 0.4) is 0 Å². The van der Waals surface area contributed by atoms with Gasteiger partial charge in [-0.25, -0.2) is 0 Å². The molecule has 21 heavy (non-hydrogen) atoms. The van der Waals surface area contributed by atoms with Crippen LogP contribution >= 0.6 is 12.4 Å². The molecule has 2 rings (SSSR count). The maximum atomic E-state index is 12.3. The van der Waals surface area contributed by atoms with Crippen molar-refractivity contribution in [2.45, 2.75) is 45.3 Å². The molecule has 1 aliphatic rings. The standard InChI is InChI=1S/C16H24N2O2.ClH/c1-3-15(20-13-6-4-5-11(2)9-13)16(19)18-14(10-17)12-7-8-12;/h4-6,9,12,14-15H,3,7-8,10,17H2,1-2H3,(H,18,19);1H. The molecule has 0 aromatic heterocycles. The summed E-state index contributed by atoms with van der Waals surface area (Å²) in [6.07, 6.45) is 2.52. The number of carbonyl (C=O) groups is 1. The van der Waals surface area contributed by atoms with Crippen LogP contribution in [0.5, 0.6) is 5.75 Å². The minimum absolute atomic E-state index is 0. The van der Waals surface area contributed by atoms with Gasteiger partial charge in [0.15, 0.2) is 6.10 Å². The minimum Gasteiger partial charge on any atom is -0.481 e. The fraction of sp³-hybridized carbons (Fsp3) is 0.562. The quantitative estimate of drug-likeness (QED) is 0.812. The Morgan fingerprint density at radius 1 is 1.48 bits per heavy atom. The zero-order valence-corrected chi connectivity index (χ0v) is 13.5. The van der Waals surface area contributed by atoms with Gasteiger partial charge in [0, 0.05) is 12.6 Å². The first-order valence-electron chi connectivity index (χ1n) is 7.37. The van der Waals surface area contributed by atoms with Crippen LogP contribution in [0, 0.1) is 12.8 Å². The lowest BCUT2D eigenvalue weighted by molar-refractivity contribution is -0.128. The van der Waals surface area contributed by atoms with Crippen molar-refractivity contribution in [1.29, 1.82) is 0 Å². The summed E-state index contributed by atoms with van der Waals surface area (Å²) in [6, 6.07) is 7.85. The molecular formula is C16H25ClN2O2. The van der Waals surface area contributed by atoms with Gasteiger partial charge in [0.1, 0.15) is 5.75 Å². The summed E-state index contributed by atoms with van der Waals surface area (Å²) < 4.78 is 5.80. The zero-order valence-electron chi connectivity index (χ0n) is 12.7. The lowest BCUT2D eigenvalue weighted by Gasteiger charge is -2.22. The molecule has 1 aliphatic carbocycles. The molecule has 1 aromatic carbocycles. The van der Waals surface area contributed by atoms with E-state index in [0.29, 0.717) is 18.9 Å². The lowest BCUT2D eigenvalue weighted by atomic mass is 10.1. The first kappa shape index (κ1) is 17.8. The lowest BCUT2D eigenvalue weighted by Crippen LogP contribution is -2.47. The van der Waals surface area contributed by atoms with Gasteiger partial charge in [0.2, 0.25) is 0 Å². The molecule has 1 fully saturated rings. The van der Waals surface area contributed by atoms with Gasteiger partial charge >= 0.3 is 0 Å². The largest absolute Gasteiger partial charge is 0.481 e. The van der Waals surface area contributed by atoms with Gasteiger partial charge in [-0.3, -0.25) is 4.79 Å². The van der Waals surface area contributed by atoms with Gasteiger partial charge in [0.05, 0.1) is 0 Å². The summed E-state index contributed by atoms with van der Waals surface area (Å²) >= 11 is 0. The fourth-order valence-electron chi connectivity index (χ4n) is 2.32. The third-order valence-electron chi connectivity index (χ3n) is 3.70. The predicted molar refractivity (Wildman–Crippen MR) is 86.8 cm³/mol. The monoisotopic (exact) mass is 312 g/mol. The van der Waals surface area contributed by atoms with E-state index < -0.39 is 6.10 Å². The number of rotatable bonds is 7. The summed E-state index contributed by atoms with van der Waals surface area (Å²) in [5.41, 5.74) is 6.84. The first-order valence-corrected chi connectivity index (χ1v) is 7.37. The molecule has 0 spiro atoms. The van der Waals surface area contributed by atoms with Crippen LogP contribution in [0.25, 0.3) is 0 Å². The Balaban J connectivity index is 0.00000220. The molecule has 0 saturated heterocycles. The van der Waals surface area contributed by atoms with E-state index >= 15 is 0 Å². The van der Waals surface area contributed by atoms with Crippen LogP contribution < -0.4 is 15.8 Å². The van der Waals surface area contributed by atoms with E-state index in [-0.39, 0.29) is 24.4 Å². The Bertz CT molecular complexity index is 463. The van der Waals surface area contributed by atoms with Crippen molar-refractivity contribution >= 4 is 18.3 Å². The van der Waals surface area contributed by atoms with E-state index in [1.54, 1.807) is 0 Å². The van der Waals surface area contributed by atoms with Crippen molar-refractivity contribution in [3.8, 4) is 5.75 Å². The number of hydrogen-bond donors (Lipinski definition) is 2. The summed E-state index contributed by atoms with van der Waals surface area (Å²) in [7, 11) is 0. The van der Waals surface area contributed by atoms with Crippen LogP contribution in [0.1, 0.15) is 31.7 Å². The van der Waals surface area contributed by atoms with Crippen LogP contribution in [0.15, 0.2) is 24.3 Å². The smallest absolute Gasteiger partial charge is 0.261 e. The van der Waals surface area contributed by atoms with E-state index in [1.165, 1.54) is 0 Å². The highest BCUT2D eigenvalue weighted by atomic mass is 35.5. The molecule has 1 amide bonds. The third-order valence-corrected chi connectivity index (χ3v) is 3.70. The number of aryl methyl sites for hydroxylation is 1. The number of nitrogens with one attached hydrogen (secondary N) is 1. The second-order valence-corrected chi connectivity index (χ2v) is 5.52. The predicted octanol–water partition coefficient (Wildman–Crippen LogP) is 2.43. The molecule has 0 radical (unpaired) electrons. The molecule has 0 bridgehead atoms. The maximum Gasteiger partial charge on any atom is 0.261 e. The highest BCUT2D eigenvalue weighted by Crippen LogP contribution is 2.32. The Kier molecular flexibility index (Phi) is 6.99. The fourth-order valence-corrected chi connectivity index (χ4v) is 2.32. The highest BCUT2D eigenvalue weighted by molar-refractivity contribution is 5.85. The second kappa shape index (κ2) is 8.25. The summed E-state index contributed by atoms with van der Waals surface area (Å²) in [6.45, 7) is 4.46. The molecule has 0 aliphatic heterocycles. The Hall–Kier alpha value is -1.26. The van der Waals surface area contributed by atoms with Crippen molar-refractivity contribution in [3.05, 3.63) is 29.8 Å². The molecule has 1 aromatic rings. The average molecular weight is 313 g/mol. The molecule has 5 heteroatoms. The Morgan fingerprint density at radius 2 is 2.19 bits per heavy atom. The van der Waals surface area contributed by atoms with Crippen molar-refractivity contribution in [2.24, 2.45) is 11.7 Å². The van der Waals surface area contributed by atoms with Gasteiger partial charge in [-0.2, -0.15) is 0 Å². The molecule has 2 unspecified atom stereocenters. The number of carbonyl (C=O) groups excluding carboxylic acids is 1. The third kappa shape index (κ3) is 5.21. The normalized spacial score (nSPS) is 16.5. The molecule has 2 atom stereocenters. The van der Waals surface area contributed by atoms with Crippen molar-refractivity contribution in [2.75, 3.05) is 6.54 Å². The molecule has 1 saturated carbocycles. The van der Waals surface area contributed by atoms with Crippen molar-refractivity contribution in [1.82, 2.24) is 5.32 Å².